The molecule has 0 saturated carbocycles. The average Bonchev–Trinajstić information content (AvgIpc) is 2.81. The molecule has 9 heteroatoms. The number of methoxy groups -OCH3 is 1. The molecule has 2 saturated heterocycles. The van der Waals surface area contributed by atoms with Crippen LogP contribution in [0.3, 0.4) is 0 Å². The van der Waals surface area contributed by atoms with Crippen LogP contribution in [0.2, 0.25) is 0 Å². The van der Waals surface area contributed by atoms with Gasteiger partial charge in [-0.25, -0.2) is 0 Å². The van der Waals surface area contributed by atoms with Crippen molar-refractivity contribution in [2.75, 3.05) is 13.7 Å². The van der Waals surface area contributed by atoms with Gasteiger partial charge in [0.25, 0.3) is 0 Å². The number of fused-ring (bicyclic) bond motifs is 1. The maximum atomic E-state index is 12.0. The van der Waals surface area contributed by atoms with E-state index < -0.39 is 48.9 Å². The third-order valence-electron chi connectivity index (χ3n) is 5.27. The number of hydrogen-bond acceptors (Lipinski definition) is 9. The molecular formula is C24H26O9. The third kappa shape index (κ3) is 5.44. The van der Waals surface area contributed by atoms with Crippen molar-refractivity contribution in [2.24, 2.45) is 0 Å². The van der Waals surface area contributed by atoms with Crippen molar-refractivity contribution in [2.45, 2.75) is 50.8 Å². The van der Waals surface area contributed by atoms with Crippen molar-refractivity contribution in [3.05, 3.63) is 60.2 Å². The quantitative estimate of drug-likeness (QED) is 0.605. The van der Waals surface area contributed by atoms with Crippen molar-refractivity contribution >= 4 is 11.9 Å². The number of hydrogen-bond donors (Lipinski definition) is 0. The van der Waals surface area contributed by atoms with Gasteiger partial charge in [-0.15, -0.1) is 0 Å². The van der Waals surface area contributed by atoms with Gasteiger partial charge in [-0.3, -0.25) is 9.59 Å². The van der Waals surface area contributed by atoms with Crippen LogP contribution in [0.5, 0.6) is 11.5 Å². The molecule has 0 aromatic heterocycles. The summed E-state index contributed by atoms with van der Waals surface area (Å²) in [5.74, 6) is -0.0123. The van der Waals surface area contributed by atoms with E-state index in [0.29, 0.717) is 11.5 Å². The minimum absolute atomic E-state index is 0.164. The van der Waals surface area contributed by atoms with Gasteiger partial charge in [0.1, 0.15) is 23.7 Å². The summed E-state index contributed by atoms with van der Waals surface area (Å²) >= 11 is 0. The molecule has 2 aliphatic heterocycles. The van der Waals surface area contributed by atoms with E-state index >= 15 is 0 Å². The molecule has 0 N–H and O–H groups in total. The van der Waals surface area contributed by atoms with Gasteiger partial charge in [-0.05, 0) is 24.3 Å². The number of carbonyl (C=O) groups excluding carboxylic acids is 2. The maximum absolute atomic E-state index is 12.0. The Balaban J connectivity index is 1.60. The highest BCUT2D eigenvalue weighted by molar-refractivity contribution is 5.67. The molecule has 2 aliphatic rings. The van der Waals surface area contributed by atoms with Crippen LogP contribution in [0.1, 0.15) is 25.7 Å². The van der Waals surface area contributed by atoms with Gasteiger partial charge < -0.3 is 33.2 Å². The molecule has 0 radical (unpaired) electrons. The zero-order valence-corrected chi connectivity index (χ0v) is 18.5. The minimum Gasteiger partial charge on any atom is -0.497 e. The summed E-state index contributed by atoms with van der Waals surface area (Å²) < 4.78 is 40.3. The summed E-state index contributed by atoms with van der Waals surface area (Å²) in [5, 5.41) is 0. The van der Waals surface area contributed by atoms with Crippen molar-refractivity contribution in [3.8, 4) is 11.5 Å². The molecule has 0 amide bonds. The highest BCUT2D eigenvalue weighted by Crippen LogP contribution is 2.37. The molecule has 1 unspecified atom stereocenters. The zero-order valence-electron chi connectivity index (χ0n) is 18.5. The molecule has 2 aromatic rings. The second-order valence-corrected chi connectivity index (χ2v) is 7.66. The first kappa shape index (κ1) is 23.0. The molecule has 176 valence electrons. The van der Waals surface area contributed by atoms with Gasteiger partial charge in [-0.2, -0.15) is 0 Å². The molecule has 2 heterocycles. The Hall–Kier alpha value is -3.14. The van der Waals surface area contributed by atoms with E-state index in [1.54, 1.807) is 31.4 Å². The van der Waals surface area contributed by atoms with Gasteiger partial charge in [0.2, 0.25) is 12.4 Å². The van der Waals surface area contributed by atoms with E-state index in [2.05, 4.69) is 0 Å². The van der Waals surface area contributed by atoms with E-state index in [1.165, 1.54) is 13.8 Å². The summed E-state index contributed by atoms with van der Waals surface area (Å²) in [6.07, 6.45) is -5.15. The highest BCUT2D eigenvalue weighted by atomic mass is 16.8. The lowest BCUT2D eigenvalue weighted by atomic mass is 9.97. The fourth-order valence-corrected chi connectivity index (χ4v) is 3.85. The lowest BCUT2D eigenvalue weighted by Crippen LogP contribution is -2.64. The van der Waals surface area contributed by atoms with Crippen LogP contribution in [-0.2, 0) is 33.3 Å². The number of esters is 2. The predicted molar refractivity (Wildman–Crippen MR) is 113 cm³/mol. The van der Waals surface area contributed by atoms with Gasteiger partial charge in [0.05, 0.1) is 13.7 Å². The summed E-state index contributed by atoms with van der Waals surface area (Å²) in [6.45, 7) is 2.71. The fraction of sp³-hybridized carbons (Fsp3) is 0.417. The van der Waals surface area contributed by atoms with Gasteiger partial charge in [0.15, 0.2) is 12.4 Å². The molecule has 0 spiro atoms. The van der Waals surface area contributed by atoms with E-state index in [9.17, 15) is 9.59 Å². The smallest absolute Gasteiger partial charge is 0.303 e. The molecule has 6 atom stereocenters. The van der Waals surface area contributed by atoms with Crippen molar-refractivity contribution < 1.29 is 42.7 Å². The lowest BCUT2D eigenvalue weighted by Gasteiger charge is -2.47. The molecular weight excluding hydrogens is 432 g/mol. The predicted octanol–water partition coefficient (Wildman–Crippen LogP) is 2.78. The normalized spacial score (nSPS) is 28.8. The Bertz CT molecular complexity index is 946. The van der Waals surface area contributed by atoms with Crippen LogP contribution < -0.4 is 9.47 Å². The van der Waals surface area contributed by atoms with Crippen molar-refractivity contribution in [3.63, 3.8) is 0 Å². The lowest BCUT2D eigenvalue weighted by molar-refractivity contribution is -0.351. The Morgan fingerprint density at radius 3 is 2.12 bits per heavy atom. The van der Waals surface area contributed by atoms with Crippen LogP contribution in [0, 0.1) is 0 Å². The number of benzene rings is 2. The molecule has 33 heavy (non-hydrogen) atoms. The van der Waals surface area contributed by atoms with E-state index in [4.69, 9.17) is 33.2 Å². The second-order valence-electron chi connectivity index (χ2n) is 7.66. The zero-order chi connectivity index (χ0) is 23.4. The maximum Gasteiger partial charge on any atom is 0.303 e. The summed E-state index contributed by atoms with van der Waals surface area (Å²) in [7, 11) is 1.56. The van der Waals surface area contributed by atoms with Gasteiger partial charge in [-0.1, -0.05) is 30.3 Å². The van der Waals surface area contributed by atoms with Crippen molar-refractivity contribution in [1.82, 2.24) is 0 Å². The van der Waals surface area contributed by atoms with Gasteiger partial charge in [0, 0.05) is 19.4 Å². The first-order chi connectivity index (χ1) is 15.9. The number of ether oxygens (including phenoxy) is 7. The third-order valence-corrected chi connectivity index (χ3v) is 5.27. The van der Waals surface area contributed by atoms with Crippen LogP contribution >= 0.6 is 0 Å². The fourth-order valence-electron chi connectivity index (χ4n) is 3.85. The molecule has 2 aromatic carbocycles. The number of rotatable bonds is 6. The first-order valence-corrected chi connectivity index (χ1v) is 10.6. The molecule has 9 nitrogen and oxygen atoms in total. The second kappa shape index (κ2) is 10.2. The van der Waals surface area contributed by atoms with E-state index in [0.717, 1.165) is 5.56 Å². The summed E-state index contributed by atoms with van der Waals surface area (Å²) in [5.41, 5.74) is 0.804. The largest absolute Gasteiger partial charge is 0.497 e. The Labute approximate surface area is 191 Å². The van der Waals surface area contributed by atoms with E-state index in [1.807, 2.05) is 30.3 Å². The Kier molecular flexibility index (Phi) is 7.12. The summed E-state index contributed by atoms with van der Waals surface area (Å²) in [4.78, 5) is 23.9. The summed E-state index contributed by atoms with van der Waals surface area (Å²) in [6, 6.07) is 16.2. The monoisotopic (exact) mass is 458 g/mol. The van der Waals surface area contributed by atoms with Gasteiger partial charge >= 0.3 is 11.9 Å². The molecule has 2 fully saturated rings. The first-order valence-electron chi connectivity index (χ1n) is 10.6. The molecule has 4 rings (SSSR count). The molecule has 0 bridgehead atoms. The molecule has 0 aliphatic carbocycles. The standard InChI is InChI=1S/C24H26O9/c1-14(25)29-21-20-19(13-28-23(33-20)16-7-5-4-6-8-16)32-24(22(21)30-15(2)26)31-18-11-9-17(27-3)10-12-18/h4-12,19-24H,13H2,1-3H3/t19-,20+,21+,22-,23?,24-/m1/s1. The number of carbonyl (C=O) groups is 2. The van der Waals surface area contributed by atoms with Crippen LogP contribution in [0.4, 0.5) is 0 Å². The van der Waals surface area contributed by atoms with Crippen LogP contribution in [0.15, 0.2) is 54.6 Å². The average molecular weight is 458 g/mol. The van der Waals surface area contributed by atoms with E-state index in [-0.39, 0.29) is 6.61 Å². The van der Waals surface area contributed by atoms with Crippen molar-refractivity contribution in [1.29, 1.82) is 0 Å². The highest BCUT2D eigenvalue weighted by Gasteiger charge is 2.54. The van der Waals surface area contributed by atoms with Crippen LogP contribution in [-0.4, -0.2) is 56.4 Å². The SMILES string of the molecule is COc1ccc(O[C@@H]2O[C@@H]3COC(c4ccccc4)O[C@@H]3[C@H](OC(C)=O)[C@H]2OC(C)=O)cc1. The Morgan fingerprint density at radius 2 is 1.48 bits per heavy atom. The topological polar surface area (TPSA) is 98.8 Å². The minimum atomic E-state index is -1.07. The Morgan fingerprint density at radius 1 is 0.848 bits per heavy atom. The van der Waals surface area contributed by atoms with Crippen LogP contribution in [0.25, 0.3) is 0 Å².